The van der Waals surface area contributed by atoms with Gasteiger partial charge in [-0.2, -0.15) is 13.2 Å². The Morgan fingerprint density at radius 3 is 2.59 bits per heavy atom. The van der Waals surface area contributed by atoms with Gasteiger partial charge < -0.3 is 5.11 Å². The number of carbonyl (C=O) groups is 1. The molecule has 3 nitrogen and oxygen atoms in total. The Hall–Kier alpha value is -1.59. The number of aliphatic carboxylic acids is 1. The predicted molar refractivity (Wildman–Crippen MR) is 52.4 cm³/mol. The van der Waals surface area contributed by atoms with Gasteiger partial charge in [0.15, 0.2) is 0 Å². The van der Waals surface area contributed by atoms with Gasteiger partial charge in [0.2, 0.25) is 0 Å². The SMILES string of the molecule is O=C(O)CC1(c2ncccc2C(F)(F)F)CC1. The molecule has 1 N–H and O–H groups in total. The first kappa shape index (κ1) is 11.9. The van der Waals surface area contributed by atoms with Crippen LogP contribution in [0.1, 0.15) is 30.5 Å². The Morgan fingerprint density at radius 1 is 1.47 bits per heavy atom. The molecule has 0 radical (unpaired) electrons. The van der Waals surface area contributed by atoms with E-state index in [9.17, 15) is 18.0 Å². The van der Waals surface area contributed by atoms with E-state index in [2.05, 4.69) is 4.98 Å². The van der Waals surface area contributed by atoms with Gasteiger partial charge in [0.1, 0.15) is 0 Å². The average Bonchev–Trinajstić information content (AvgIpc) is 2.97. The van der Waals surface area contributed by atoms with Crippen LogP contribution in [0, 0.1) is 0 Å². The number of aromatic nitrogens is 1. The van der Waals surface area contributed by atoms with Crippen LogP contribution in [0.25, 0.3) is 0 Å². The second-order valence-corrected chi connectivity index (χ2v) is 4.25. The summed E-state index contributed by atoms with van der Waals surface area (Å²) in [6.45, 7) is 0. The minimum atomic E-state index is -4.49. The Labute approximate surface area is 95.3 Å². The highest BCUT2D eigenvalue weighted by atomic mass is 19.4. The molecular weight excluding hydrogens is 235 g/mol. The van der Waals surface area contributed by atoms with E-state index in [1.54, 1.807) is 0 Å². The monoisotopic (exact) mass is 245 g/mol. The molecule has 1 aromatic rings. The summed E-state index contributed by atoms with van der Waals surface area (Å²) in [6, 6.07) is 2.16. The molecule has 1 aromatic heterocycles. The lowest BCUT2D eigenvalue weighted by atomic mass is 9.93. The number of hydrogen-bond acceptors (Lipinski definition) is 2. The van der Waals surface area contributed by atoms with Crippen molar-refractivity contribution in [3.8, 4) is 0 Å². The van der Waals surface area contributed by atoms with Crippen molar-refractivity contribution in [3.63, 3.8) is 0 Å². The number of halogens is 3. The molecular formula is C11H10F3NO2. The quantitative estimate of drug-likeness (QED) is 0.890. The first-order chi connectivity index (χ1) is 7.85. The number of pyridine rings is 1. The second kappa shape index (κ2) is 3.72. The smallest absolute Gasteiger partial charge is 0.418 e. The van der Waals surface area contributed by atoms with E-state index in [4.69, 9.17) is 5.11 Å². The summed E-state index contributed by atoms with van der Waals surface area (Å²) in [7, 11) is 0. The van der Waals surface area contributed by atoms with Crippen LogP contribution in [0.4, 0.5) is 13.2 Å². The van der Waals surface area contributed by atoms with E-state index in [1.165, 1.54) is 12.3 Å². The third-order valence-electron chi connectivity index (χ3n) is 2.96. The van der Waals surface area contributed by atoms with E-state index in [-0.39, 0.29) is 12.1 Å². The zero-order chi connectivity index (χ0) is 12.7. The third kappa shape index (κ3) is 2.25. The summed E-state index contributed by atoms with van der Waals surface area (Å²) < 4.78 is 38.3. The molecule has 0 atom stereocenters. The molecule has 0 spiro atoms. The zero-order valence-corrected chi connectivity index (χ0v) is 8.79. The average molecular weight is 245 g/mol. The van der Waals surface area contributed by atoms with E-state index >= 15 is 0 Å². The lowest BCUT2D eigenvalue weighted by Crippen LogP contribution is -2.20. The van der Waals surface area contributed by atoms with Crippen molar-refractivity contribution >= 4 is 5.97 Å². The number of nitrogens with zero attached hydrogens (tertiary/aromatic N) is 1. The Bertz CT molecular complexity index is 452. The van der Waals surface area contributed by atoms with Crippen molar-refractivity contribution in [2.24, 2.45) is 0 Å². The molecule has 6 heteroatoms. The van der Waals surface area contributed by atoms with Crippen molar-refractivity contribution < 1.29 is 23.1 Å². The van der Waals surface area contributed by atoms with Crippen molar-refractivity contribution in [3.05, 3.63) is 29.6 Å². The fourth-order valence-corrected chi connectivity index (χ4v) is 1.99. The van der Waals surface area contributed by atoms with Crippen molar-refractivity contribution in [1.82, 2.24) is 4.98 Å². The Balaban J connectivity index is 2.43. The van der Waals surface area contributed by atoms with Gasteiger partial charge in [0.25, 0.3) is 0 Å². The van der Waals surface area contributed by atoms with Crippen LogP contribution < -0.4 is 0 Å². The van der Waals surface area contributed by atoms with Crippen LogP contribution in [0.3, 0.4) is 0 Å². The van der Waals surface area contributed by atoms with Gasteiger partial charge in [-0.25, -0.2) is 0 Å². The standard InChI is InChI=1S/C11H10F3NO2/c12-11(13,14)7-2-1-5-15-9(7)10(3-4-10)6-8(16)17/h1-2,5H,3-4,6H2,(H,16,17). The minimum absolute atomic E-state index is 0.130. The lowest BCUT2D eigenvalue weighted by molar-refractivity contribution is -0.141. The largest absolute Gasteiger partial charge is 0.481 e. The molecule has 0 bridgehead atoms. The number of alkyl halides is 3. The number of carboxylic acids is 1. The Morgan fingerprint density at radius 2 is 2.12 bits per heavy atom. The molecule has 1 aliphatic carbocycles. The number of rotatable bonds is 3. The second-order valence-electron chi connectivity index (χ2n) is 4.25. The van der Waals surface area contributed by atoms with Gasteiger partial charge in [-0.1, -0.05) is 0 Å². The molecule has 0 aliphatic heterocycles. The normalized spacial score (nSPS) is 17.8. The van der Waals surface area contributed by atoms with Gasteiger partial charge >= 0.3 is 12.1 Å². The highest BCUT2D eigenvalue weighted by molar-refractivity contribution is 5.70. The maximum Gasteiger partial charge on any atom is 0.418 e. The minimum Gasteiger partial charge on any atom is -0.481 e. The fourth-order valence-electron chi connectivity index (χ4n) is 1.99. The molecule has 0 aromatic carbocycles. The summed E-state index contributed by atoms with van der Waals surface area (Å²) in [6.07, 6.45) is -2.63. The van der Waals surface area contributed by atoms with Crippen LogP contribution >= 0.6 is 0 Å². The van der Waals surface area contributed by atoms with E-state index in [1.807, 2.05) is 0 Å². The van der Waals surface area contributed by atoms with Crippen molar-refractivity contribution in [2.45, 2.75) is 30.9 Å². The summed E-state index contributed by atoms with van der Waals surface area (Å²) >= 11 is 0. The third-order valence-corrected chi connectivity index (χ3v) is 2.96. The molecule has 2 rings (SSSR count). The topological polar surface area (TPSA) is 50.2 Å². The van der Waals surface area contributed by atoms with E-state index < -0.39 is 23.1 Å². The molecule has 1 aliphatic rings. The molecule has 0 saturated heterocycles. The lowest BCUT2D eigenvalue weighted by Gasteiger charge is -2.17. The molecule has 1 saturated carbocycles. The first-order valence-electron chi connectivity index (χ1n) is 5.10. The summed E-state index contributed by atoms with van der Waals surface area (Å²) in [5.41, 5.74) is -1.87. The Kier molecular flexibility index (Phi) is 2.60. The molecule has 92 valence electrons. The van der Waals surface area contributed by atoms with E-state index in [0.29, 0.717) is 12.8 Å². The predicted octanol–water partition coefficient (Wildman–Crippen LogP) is 2.61. The highest BCUT2D eigenvalue weighted by Gasteiger charge is 2.51. The summed E-state index contributed by atoms with van der Waals surface area (Å²) in [4.78, 5) is 14.4. The number of carboxylic acid groups (broad SMARTS) is 1. The van der Waals surface area contributed by atoms with Gasteiger partial charge in [-0.05, 0) is 25.0 Å². The van der Waals surface area contributed by atoms with Gasteiger partial charge in [0, 0.05) is 11.6 Å². The van der Waals surface area contributed by atoms with Crippen LogP contribution in [0.5, 0.6) is 0 Å². The van der Waals surface area contributed by atoms with Gasteiger partial charge in [0.05, 0.1) is 17.7 Å². The molecule has 0 amide bonds. The zero-order valence-electron chi connectivity index (χ0n) is 8.79. The van der Waals surface area contributed by atoms with Crippen LogP contribution in [-0.4, -0.2) is 16.1 Å². The number of hydrogen-bond donors (Lipinski definition) is 1. The summed E-state index contributed by atoms with van der Waals surface area (Å²) in [5.74, 6) is -1.10. The van der Waals surface area contributed by atoms with Crippen molar-refractivity contribution in [2.75, 3.05) is 0 Å². The summed E-state index contributed by atoms with van der Waals surface area (Å²) in [5, 5.41) is 8.74. The van der Waals surface area contributed by atoms with Crippen molar-refractivity contribution in [1.29, 1.82) is 0 Å². The van der Waals surface area contributed by atoms with Gasteiger partial charge in [-0.3, -0.25) is 9.78 Å². The maximum absolute atomic E-state index is 12.8. The molecule has 0 unspecified atom stereocenters. The maximum atomic E-state index is 12.8. The van der Waals surface area contributed by atoms with Crippen LogP contribution in [0.2, 0.25) is 0 Å². The van der Waals surface area contributed by atoms with Crippen LogP contribution in [-0.2, 0) is 16.4 Å². The van der Waals surface area contributed by atoms with E-state index in [0.717, 1.165) is 6.07 Å². The fraction of sp³-hybridized carbons (Fsp3) is 0.455. The van der Waals surface area contributed by atoms with Gasteiger partial charge in [-0.15, -0.1) is 0 Å². The molecule has 17 heavy (non-hydrogen) atoms. The van der Waals surface area contributed by atoms with Crippen LogP contribution in [0.15, 0.2) is 18.3 Å². The molecule has 1 heterocycles. The molecule has 1 fully saturated rings. The highest BCUT2D eigenvalue weighted by Crippen LogP contribution is 2.53. The first-order valence-corrected chi connectivity index (χ1v) is 5.10.